The van der Waals surface area contributed by atoms with Gasteiger partial charge in [0.25, 0.3) is 0 Å². The maximum absolute atomic E-state index is 12.3. The highest BCUT2D eigenvalue weighted by molar-refractivity contribution is 6.03. The van der Waals surface area contributed by atoms with Crippen molar-refractivity contribution < 1.29 is 19.1 Å². The zero-order chi connectivity index (χ0) is 20.1. The van der Waals surface area contributed by atoms with Crippen molar-refractivity contribution in [3.8, 4) is 11.5 Å². The zero-order valence-electron chi connectivity index (χ0n) is 16.3. The number of anilines is 2. The number of hydrogen-bond donors (Lipinski definition) is 3. The molecule has 28 heavy (non-hydrogen) atoms. The second-order valence-electron chi connectivity index (χ2n) is 6.84. The Hall–Kier alpha value is -3.22. The number of fused-ring (bicyclic) bond motifs is 1. The molecule has 0 aliphatic carbocycles. The molecule has 1 heterocycles. The smallest absolute Gasteiger partial charge is 0.325 e. The van der Waals surface area contributed by atoms with E-state index in [9.17, 15) is 9.59 Å². The molecule has 0 saturated carbocycles. The molecule has 7 nitrogen and oxygen atoms in total. The van der Waals surface area contributed by atoms with Crippen LogP contribution in [-0.2, 0) is 4.79 Å². The fraction of sp³-hybridized carbons (Fsp3) is 0.333. The van der Waals surface area contributed by atoms with E-state index in [0.717, 1.165) is 17.5 Å². The van der Waals surface area contributed by atoms with Crippen LogP contribution in [0.5, 0.6) is 11.5 Å². The molecule has 3 rings (SSSR count). The van der Waals surface area contributed by atoms with E-state index in [0.29, 0.717) is 36.1 Å². The third-order valence-corrected chi connectivity index (χ3v) is 4.39. The minimum atomic E-state index is -0.616. The van der Waals surface area contributed by atoms with Gasteiger partial charge in [-0.2, -0.15) is 0 Å². The van der Waals surface area contributed by atoms with Crippen molar-refractivity contribution in [3.05, 3.63) is 47.5 Å². The van der Waals surface area contributed by atoms with Crippen LogP contribution < -0.4 is 25.4 Å². The maximum Gasteiger partial charge on any atom is 0.325 e. The first kappa shape index (κ1) is 19.5. The van der Waals surface area contributed by atoms with Crippen LogP contribution in [0.25, 0.3) is 0 Å². The molecule has 0 bridgehead atoms. The zero-order valence-corrected chi connectivity index (χ0v) is 16.3. The molecule has 1 unspecified atom stereocenters. The second kappa shape index (κ2) is 8.65. The van der Waals surface area contributed by atoms with Crippen molar-refractivity contribution in [1.82, 2.24) is 5.32 Å². The van der Waals surface area contributed by atoms with Gasteiger partial charge in [-0.3, -0.25) is 10.1 Å². The Bertz CT molecular complexity index is 882. The summed E-state index contributed by atoms with van der Waals surface area (Å²) in [5, 5.41) is 8.13. The molecule has 0 spiro atoms. The molecule has 7 heteroatoms. The molecule has 1 atom stereocenters. The van der Waals surface area contributed by atoms with Gasteiger partial charge < -0.3 is 20.1 Å². The number of urea groups is 1. The SMILES string of the molecule is Cc1ccc(NC(=O)NC(=O)C(C)Nc2ccc3c(c2)OCCCO3)c(C)c1. The Balaban J connectivity index is 1.57. The van der Waals surface area contributed by atoms with Gasteiger partial charge in [-0.05, 0) is 44.5 Å². The van der Waals surface area contributed by atoms with Crippen molar-refractivity contribution in [2.24, 2.45) is 0 Å². The van der Waals surface area contributed by atoms with Gasteiger partial charge in [0.05, 0.1) is 13.2 Å². The van der Waals surface area contributed by atoms with Gasteiger partial charge in [0.2, 0.25) is 5.91 Å². The fourth-order valence-electron chi connectivity index (χ4n) is 2.90. The van der Waals surface area contributed by atoms with E-state index < -0.39 is 18.0 Å². The molecule has 3 amide bonds. The van der Waals surface area contributed by atoms with Crippen molar-refractivity contribution in [3.63, 3.8) is 0 Å². The highest BCUT2D eigenvalue weighted by Gasteiger charge is 2.18. The summed E-state index contributed by atoms with van der Waals surface area (Å²) in [5.41, 5.74) is 3.41. The molecule has 0 aromatic heterocycles. The van der Waals surface area contributed by atoms with Crippen molar-refractivity contribution in [2.45, 2.75) is 33.2 Å². The van der Waals surface area contributed by atoms with E-state index in [4.69, 9.17) is 9.47 Å². The average Bonchev–Trinajstić information content (AvgIpc) is 2.89. The third kappa shape index (κ3) is 4.94. The van der Waals surface area contributed by atoms with Gasteiger partial charge >= 0.3 is 6.03 Å². The number of aryl methyl sites for hydroxylation is 2. The predicted molar refractivity (Wildman–Crippen MR) is 108 cm³/mol. The molecule has 3 N–H and O–H groups in total. The summed E-state index contributed by atoms with van der Waals surface area (Å²) in [5.74, 6) is 0.894. The molecule has 0 fully saturated rings. The number of ether oxygens (including phenoxy) is 2. The number of imide groups is 1. The van der Waals surface area contributed by atoms with Crippen molar-refractivity contribution in [2.75, 3.05) is 23.8 Å². The van der Waals surface area contributed by atoms with E-state index in [1.165, 1.54) is 0 Å². The molecular formula is C21H25N3O4. The first-order chi connectivity index (χ1) is 13.4. The minimum Gasteiger partial charge on any atom is -0.490 e. The van der Waals surface area contributed by atoms with Crippen LogP contribution in [0, 0.1) is 13.8 Å². The number of benzene rings is 2. The summed E-state index contributed by atoms with van der Waals surface area (Å²) >= 11 is 0. The molecule has 2 aromatic carbocycles. The second-order valence-corrected chi connectivity index (χ2v) is 6.84. The lowest BCUT2D eigenvalue weighted by Gasteiger charge is -2.17. The van der Waals surface area contributed by atoms with Crippen molar-refractivity contribution >= 4 is 23.3 Å². The Morgan fingerprint density at radius 1 is 1.00 bits per heavy atom. The van der Waals surface area contributed by atoms with Crippen LogP contribution in [0.3, 0.4) is 0 Å². The van der Waals surface area contributed by atoms with Gasteiger partial charge in [0.1, 0.15) is 6.04 Å². The largest absolute Gasteiger partial charge is 0.490 e. The number of carbonyl (C=O) groups is 2. The van der Waals surface area contributed by atoms with Gasteiger partial charge in [-0.1, -0.05) is 17.7 Å². The molecule has 1 aliphatic rings. The van der Waals surface area contributed by atoms with Gasteiger partial charge in [0, 0.05) is 23.9 Å². The lowest BCUT2D eigenvalue weighted by Crippen LogP contribution is -2.43. The standard InChI is InChI=1S/C21H25N3O4/c1-13-5-7-17(14(2)11-13)23-21(26)24-20(25)15(3)22-16-6-8-18-19(12-16)28-10-4-9-27-18/h5-8,11-12,15,22H,4,9-10H2,1-3H3,(H2,23,24,25,26). The summed E-state index contributed by atoms with van der Waals surface area (Å²) in [7, 11) is 0. The van der Waals surface area contributed by atoms with E-state index in [2.05, 4.69) is 16.0 Å². The highest BCUT2D eigenvalue weighted by Crippen LogP contribution is 2.32. The number of hydrogen-bond acceptors (Lipinski definition) is 5. The van der Waals surface area contributed by atoms with E-state index in [1.807, 2.05) is 38.1 Å². The normalized spacial score (nSPS) is 13.8. The molecule has 0 saturated heterocycles. The van der Waals surface area contributed by atoms with Crippen LogP contribution in [0.2, 0.25) is 0 Å². The Morgan fingerprint density at radius 2 is 1.75 bits per heavy atom. The number of amides is 3. The summed E-state index contributed by atoms with van der Waals surface area (Å²) in [6.07, 6.45) is 0.825. The molecular weight excluding hydrogens is 358 g/mol. The number of rotatable bonds is 4. The topological polar surface area (TPSA) is 88.7 Å². The van der Waals surface area contributed by atoms with Crippen molar-refractivity contribution in [1.29, 1.82) is 0 Å². The van der Waals surface area contributed by atoms with Gasteiger partial charge in [-0.25, -0.2) is 4.79 Å². The summed E-state index contributed by atoms with van der Waals surface area (Å²) in [6, 6.07) is 9.91. The average molecular weight is 383 g/mol. The van der Waals surface area contributed by atoms with Crippen LogP contribution in [0.1, 0.15) is 24.5 Å². The number of nitrogens with one attached hydrogen (secondary N) is 3. The monoisotopic (exact) mass is 383 g/mol. The fourth-order valence-corrected chi connectivity index (χ4v) is 2.90. The highest BCUT2D eigenvalue weighted by atomic mass is 16.5. The van der Waals surface area contributed by atoms with Crippen LogP contribution in [-0.4, -0.2) is 31.2 Å². The molecule has 2 aromatic rings. The van der Waals surface area contributed by atoms with Gasteiger partial charge in [0.15, 0.2) is 11.5 Å². The van der Waals surface area contributed by atoms with Crippen LogP contribution in [0.15, 0.2) is 36.4 Å². The lowest BCUT2D eigenvalue weighted by molar-refractivity contribution is -0.120. The van der Waals surface area contributed by atoms with Gasteiger partial charge in [-0.15, -0.1) is 0 Å². The Morgan fingerprint density at radius 3 is 2.50 bits per heavy atom. The summed E-state index contributed by atoms with van der Waals surface area (Å²) in [6.45, 7) is 6.77. The third-order valence-electron chi connectivity index (χ3n) is 4.39. The van der Waals surface area contributed by atoms with E-state index in [-0.39, 0.29) is 0 Å². The predicted octanol–water partition coefficient (Wildman–Crippen LogP) is 3.61. The Kier molecular flexibility index (Phi) is 6.03. The lowest BCUT2D eigenvalue weighted by atomic mass is 10.1. The quantitative estimate of drug-likeness (QED) is 0.751. The molecule has 148 valence electrons. The van der Waals surface area contributed by atoms with Crippen LogP contribution in [0.4, 0.5) is 16.2 Å². The first-order valence-electron chi connectivity index (χ1n) is 9.27. The number of carbonyl (C=O) groups excluding carboxylic acids is 2. The van der Waals surface area contributed by atoms with E-state index >= 15 is 0 Å². The molecule has 1 aliphatic heterocycles. The minimum absolute atomic E-state index is 0.436. The maximum atomic E-state index is 12.3. The summed E-state index contributed by atoms with van der Waals surface area (Å²) < 4.78 is 11.2. The summed E-state index contributed by atoms with van der Waals surface area (Å²) in [4.78, 5) is 24.5. The van der Waals surface area contributed by atoms with Crippen LogP contribution >= 0.6 is 0 Å². The Labute approximate surface area is 164 Å². The van der Waals surface area contributed by atoms with E-state index in [1.54, 1.807) is 19.1 Å². The first-order valence-corrected chi connectivity index (χ1v) is 9.27. The molecule has 0 radical (unpaired) electrons.